The number of sulfonamides is 1. The lowest BCUT2D eigenvalue weighted by atomic mass is 9.97. The molecular weight excluding hydrogens is 376 g/mol. The summed E-state index contributed by atoms with van der Waals surface area (Å²) in [6.45, 7) is 3.31. The molecule has 0 bridgehead atoms. The number of amides is 1. The number of hydrogen-bond donors (Lipinski definition) is 1. The Balaban J connectivity index is 1.37. The van der Waals surface area contributed by atoms with Crippen molar-refractivity contribution in [1.29, 1.82) is 0 Å². The Bertz CT molecular complexity index is 978. The molecule has 2 aliphatic rings. The van der Waals surface area contributed by atoms with E-state index in [9.17, 15) is 13.2 Å². The zero-order valence-electron chi connectivity index (χ0n) is 15.8. The van der Waals surface area contributed by atoms with Gasteiger partial charge < -0.3 is 10.1 Å². The monoisotopic (exact) mass is 400 g/mol. The molecule has 148 valence electrons. The first-order valence-corrected chi connectivity index (χ1v) is 11.0. The van der Waals surface area contributed by atoms with Crippen molar-refractivity contribution in [3.05, 3.63) is 53.6 Å². The molecule has 1 N–H and O–H groups in total. The van der Waals surface area contributed by atoms with E-state index in [4.69, 9.17) is 4.74 Å². The predicted molar refractivity (Wildman–Crippen MR) is 107 cm³/mol. The molecule has 0 unspecified atom stereocenters. The number of aryl methyl sites for hydroxylation is 1. The molecule has 0 aromatic heterocycles. The summed E-state index contributed by atoms with van der Waals surface area (Å²) in [6, 6.07) is 12.6. The zero-order chi connectivity index (χ0) is 19.7. The Morgan fingerprint density at radius 2 is 1.82 bits per heavy atom. The second kappa shape index (κ2) is 7.56. The number of ether oxygens (including phenoxy) is 1. The third-order valence-electron chi connectivity index (χ3n) is 5.44. The number of hydrogen-bond acceptors (Lipinski definition) is 4. The maximum Gasteiger partial charge on any atom is 0.243 e. The van der Waals surface area contributed by atoms with Crippen LogP contribution in [0.25, 0.3) is 0 Å². The Kier molecular flexibility index (Phi) is 5.12. The number of nitrogens with one attached hydrogen (secondary N) is 1. The van der Waals surface area contributed by atoms with Gasteiger partial charge in [-0.15, -0.1) is 0 Å². The van der Waals surface area contributed by atoms with Crippen molar-refractivity contribution in [3.8, 4) is 5.75 Å². The molecular formula is C21H24N2O4S. The lowest BCUT2D eigenvalue weighted by Gasteiger charge is -2.30. The van der Waals surface area contributed by atoms with Gasteiger partial charge in [-0.05, 0) is 55.7 Å². The molecule has 6 nitrogen and oxygen atoms in total. The lowest BCUT2D eigenvalue weighted by molar-refractivity contribution is -0.120. The molecule has 2 aromatic rings. The number of fused-ring (bicyclic) bond motifs is 1. The maximum atomic E-state index is 12.8. The van der Waals surface area contributed by atoms with Gasteiger partial charge in [-0.3, -0.25) is 4.79 Å². The first-order valence-electron chi connectivity index (χ1n) is 9.57. The van der Waals surface area contributed by atoms with Gasteiger partial charge >= 0.3 is 0 Å². The van der Waals surface area contributed by atoms with E-state index in [1.165, 1.54) is 4.31 Å². The van der Waals surface area contributed by atoms with Gasteiger partial charge in [0.1, 0.15) is 5.75 Å². The number of nitrogens with zero attached hydrogens (tertiary/aromatic N) is 1. The minimum atomic E-state index is -3.51. The van der Waals surface area contributed by atoms with E-state index in [1.54, 1.807) is 24.3 Å². The van der Waals surface area contributed by atoms with Gasteiger partial charge in [0.05, 0.1) is 11.5 Å². The fourth-order valence-corrected chi connectivity index (χ4v) is 5.20. The molecule has 1 fully saturated rings. The van der Waals surface area contributed by atoms with Crippen LogP contribution in [-0.2, 0) is 21.2 Å². The molecule has 0 radical (unpaired) electrons. The summed E-state index contributed by atoms with van der Waals surface area (Å²) < 4.78 is 32.5. The van der Waals surface area contributed by atoms with E-state index in [1.807, 2.05) is 25.1 Å². The summed E-state index contributed by atoms with van der Waals surface area (Å²) in [5.74, 6) is 0.646. The largest absolute Gasteiger partial charge is 0.493 e. The fourth-order valence-electron chi connectivity index (χ4n) is 3.73. The fraction of sp³-hybridized carbons (Fsp3) is 0.381. The van der Waals surface area contributed by atoms with Crippen LogP contribution in [0.3, 0.4) is 0 Å². The van der Waals surface area contributed by atoms with Gasteiger partial charge in [0.2, 0.25) is 15.9 Å². The second-order valence-electron chi connectivity index (χ2n) is 7.40. The molecule has 0 saturated carbocycles. The second-order valence-corrected chi connectivity index (χ2v) is 9.34. The van der Waals surface area contributed by atoms with Crippen LogP contribution in [0.4, 0.5) is 5.69 Å². The van der Waals surface area contributed by atoms with Gasteiger partial charge in [0.15, 0.2) is 0 Å². The Labute approximate surface area is 165 Å². The van der Waals surface area contributed by atoms with Crippen LogP contribution in [0.15, 0.2) is 47.4 Å². The molecule has 1 saturated heterocycles. The average Bonchev–Trinajstić information content (AvgIpc) is 3.16. The number of carbonyl (C=O) groups excluding carboxylic acids is 1. The highest BCUT2D eigenvalue weighted by atomic mass is 32.2. The number of benzene rings is 2. The molecule has 2 aliphatic heterocycles. The smallest absolute Gasteiger partial charge is 0.243 e. The van der Waals surface area contributed by atoms with Gasteiger partial charge in [-0.2, -0.15) is 4.31 Å². The highest BCUT2D eigenvalue weighted by molar-refractivity contribution is 7.89. The SMILES string of the molecule is Cc1ccc(S(=O)(=O)N2CCC(C(=O)Nc3ccc4c(c3)CCO4)CC2)cc1. The van der Waals surface area contributed by atoms with Crippen LogP contribution in [0, 0.1) is 12.8 Å². The standard InChI is InChI=1S/C21H24N2O4S/c1-15-2-5-19(6-3-15)28(25,26)23-11-8-16(9-12-23)21(24)22-18-4-7-20-17(14-18)10-13-27-20/h2-7,14,16H,8-13H2,1H3,(H,22,24). The van der Waals surface area contributed by atoms with Gasteiger partial charge in [0, 0.05) is 31.1 Å². The van der Waals surface area contributed by atoms with Crippen LogP contribution in [0.1, 0.15) is 24.0 Å². The molecule has 0 aliphatic carbocycles. The summed E-state index contributed by atoms with van der Waals surface area (Å²) in [5, 5.41) is 2.97. The van der Waals surface area contributed by atoms with Crippen LogP contribution in [0.5, 0.6) is 5.75 Å². The van der Waals surface area contributed by atoms with Crippen molar-refractivity contribution in [2.45, 2.75) is 31.1 Å². The summed E-state index contributed by atoms with van der Waals surface area (Å²) in [4.78, 5) is 12.9. The quantitative estimate of drug-likeness (QED) is 0.856. The summed E-state index contributed by atoms with van der Waals surface area (Å²) in [6.07, 6.45) is 1.89. The van der Waals surface area contributed by atoms with Crippen molar-refractivity contribution < 1.29 is 17.9 Å². The summed E-state index contributed by atoms with van der Waals surface area (Å²) in [5.41, 5.74) is 2.90. The van der Waals surface area contributed by atoms with E-state index in [-0.39, 0.29) is 11.8 Å². The topological polar surface area (TPSA) is 75.7 Å². The average molecular weight is 401 g/mol. The summed E-state index contributed by atoms with van der Waals surface area (Å²) >= 11 is 0. The highest BCUT2D eigenvalue weighted by Crippen LogP contribution is 2.29. The zero-order valence-corrected chi connectivity index (χ0v) is 16.7. The third-order valence-corrected chi connectivity index (χ3v) is 7.35. The number of carbonyl (C=O) groups is 1. The number of piperidine rings is 1. The first-order chi connectivity index (χ1) is 13.4. The molecule has 0 atom stereocenters. The van der Waals surface area contributed by atoms with E-state index in [0.717, 1.165) is 29.0 Å². The van der Waals surface area contributed by atoms with Crippen molar-refractivity contribution >= 4 is 21.6 Å². The molecule has 4 rings (SSSR count). The molecule has 2 aromatic carbocycles. The predicted octanol–water partition coefficient (Wildman–Crippen LogP) is 2.97. The molecule has 0 spiro atoms. The maximum absolute atomic E-state index is 12.8. The Morgan fingerprint density at radius 3 is 2.54 bits per heavy atom. The molecule has 1 amide bonds. The molecule has 7 heteroatoms. The minimum absolute atomic E-state index is 0.0498. The van der Waals surface area contributed by atoms with Crippen molar-refractivity contribution in [3.63, 3.8) is 0 Å². The van der Waals surface area contributed by atoms with Crippen LogP contribution in [-0.4, -0.2) is 38.3 Å². The van der Waals surface area contributed by atoms with Crippen molar-refractivity contribution in [2.75, 3.05) is 25.0 Å². The van der Waals surface area contributed by atoms with Crippen LogP contribution < -0.4 is 10.1 Å². The van der Waals surface area contributed by atoms with Crippen LogP contribution in [0.2, 0.25) is 0 Å². The minimum Gasteiger partial charge on any atom is -0.493 e. The first kappa shape index (κ1) is 19.0. The van der Waals surface area contributed by atoms with Gasteiger partial charge in [0.25, 0.3) is 0 Å². The number of anilines is 1. The summed E-state index contributed by atoms with van der Waals surface area (Å²) in [7, 11) is -3.51. The normalized spacial score (nSPS) is 17.8. The van der Waals surface area contributed by atoms with E-state index >= 15 is 0 Å². The van der Waals surface area contributed by atoms with E-state index in [0.29, 0.717) is 37.4 Å². The third kappa shape index (κ3) is 3.77. The Hall–Kier alpha value is -2.38. The Morgan fingerprint density at radius 1 is 1.11 bits per heavy atom. The van der Waals surface area contributed by atoms with Gasteiger partial charge in [-0.1, -0.05) is 17.7 Å². The molecule has 2 heterocycles. The van der Waals surface area contributed by atoms with Crippen LogP contribution >= 0.6 is 0 Å². The van der Waals surface area contributed by atoms with Gasteiger partial charge in [-0.25, -0.2) is 8.42 Å². The van der Waals surface area contributed by atoms with Crippen molar-refractivity contribution in [2.24, 2.45) is 5.92 Å². The van der Waals surface area contributed by atoms with Crippen molar-refractivity contribution in [1.82, 2.24) is 4.31 Å². The van der Waals surface area contributed by atoms with E-state index < -0.39 is 10.0 Å². The van der Waals surface area contributed by atoms with E-state index in [2.05, 4.69) is 5.32 Å². The number of rotatable bonds is 4. The molecule has 28 heavy (non-hydrogen) atoms. The highest BCUT2D eigenvalue weighted by Gasteiger charge is 2.32. The lowest BCUT2D eigenvalue weighted by Crippen LogP contribution is -2.41.